The summed E-state index contributed by atoms with van der Waals surface area (Å²) < 4.78 is 18.5. The van der Waals surface area contributed by atoms with E-state index in [9.17, 15) is 4.79 Å². The van der Waals surface area contributed by atoms with Crippen molar-refractivity contribution < 1.29 is 19.0 Å². The lowest BCUT2D eigenvalue weighted by atomic mass is 10.1. The second kappa shape index (κ2) is 7.98. The van der Waals surface area contributed by atoms with Gasteiger partial charge in [-0.3, -0.25) is 4.79 Å². The van der Waals surface area contributed by atoms with Crippen LogP contribution in [0, 0.1) is 0 Å². The van der Waals surface area contributed by atoms with Gasteiger partial charge in [-0.1, -0.05) is 18.2 Å². The molecule has 2 aromatic heterocycles. The van der Waals surface area contributed by atoms with Crippen LogP contribution in [0.3, 0.4) is 0 Å². The number of aromatic nitrogens is 3. The third-order valence-corrected chi connectivity index (χ3v) is 4.91. The summed E-state index contributed by atoms with van der Waals surface area (Å²) in [6.45, 7) is 0.961. The van der Waals surface area contributed by atoms with Crippen molar-refractivity contribution in [1.82, 2.24) is 14.6 Å². The minimum Gasteiger partial charge on any atom is -0.486 e. The molecule has 1 aliphatic rings. The molecular formula is C23H20N4O4. The number of carbonyl (C=O) groups is 1. The highest BCUT2D eigenvalue weighted by Crippen LogP contribution is 2.34. The number of carbonyl (C=O) groups excluding carboxylic acids is 1. The molecular weight excluding hydrogens is 396 g/mol. The van der Waals surface area contributed by atoms with E-state index in [1.54, 1.807) is 12.1 Å². The van der Waals surface area contributed by atoms with Crippen LogP contribution in [-0.2, 0) is 11.2 Å². The normalized spacial score (nSPS) is 12.6. The van der Waals surface area contributed by atoms with Gasteiger partial charge in [0, 0.05) is 12.0 Å². The third kappa shape index (κ3) is 4.00. The lowest BCUT2D eigenvalue weighted by Gasteiger charge is -2.19. The first-order valence-corrected chi connectivity index (χ1v) is 9.90. The van der Waals surface area contributed by atoms with Crippen molar-refractivity contribution in [1.29, 1.82) is 0 Å². The molecule has 3 heterocycles. The monoisotopic (exact) mass is 416 g/mol. The number of hydrogen-bond acceptors (Lipinski definition) is 6. The molecule has 0 atom stereocenters. The van der Waals surface area contributed by atoms with Gasteiger partial charge in [-0.05, 0) is 48.0 Å². The van der Waals surface area contributed by atoms with Crippen LogP contribution in [-0.4, -0.2) is 40.3 Å². The van der Waals surface area contributed by atoms with E-state index in [1.807, 2.05) is 53.0 Å². The van der Waals surface area contributed by atoms with Crippen LogP contribution in [0.4, 0.5) is 0 Å². The molecule has 0 radical (unpaired) electrons. The van der Waals surface area contributed by atoms with E-state index in [2.05, 4.69) is 4.98 Å². The number of amides is 1. The lowest BCUT2D eigenvalue weighted by Crippen LogP contribution is -2.19. The minimum absolute atomic E-state index is 0.143. The Morgan fingerprint density at radius 1 is 1.03 bits per heavy atom. The number of primary amides is 1. The fraction of sp³-hybridized carbons (Fsp3) is 0.174. The summed E-state index contributed by atoms with van der Waals surface area (Å²) in [5, 5.41) is 4.72. The second-order valence-electron chi connectivity index (χ2n) is 7.14. The highest BCUT2D eigenvalue weighted by Gasteiger charge is 2.15. The molecule has 31 heavy (non-hydrogen) atoms. The molecule has 4 aromatic rings. The fourth-order valence-corrected chi connectivity index (χ4v) is 3.49. The molecule has 0 bridgehead atoms. The minimum atomic E-state index is -0.508. The molecule has 0 unspecified atom stereocenters. The maximum Gasteiger partial charge on any atom is 0.255 e. The Hall–Kier alpha value is -4.07. The van der Waals surface area contributed by atoms with Crippen LogP contribution in [0.25, 0.3) is 16.9 Å². The largest absolute Gasteiger partial charge is 0.486 e. The van der Waals surface area contributed by atoms with Crippen molar-refractivity contribution >= 4 is 11.6 Å². The van der Waals surface area contributed by atoms with Gasteiger partial charge in [-0.25, -0.2) is 9.50 Å². The molecule has 0 spiro atoms. The SMILES string of the molecule is NC(=O)COc1ccc(Cc2nc3cccc(-c4ccc5c(c4)OCCO5)n3n2)cc1. The highest BCUT2D eigenvalue weighted by molar-refractivity contribution is 5.75. The van der Waals surface area contributed by atoms with Gasteiger partial charge in [0.05, 0.1) is 5.69 Å². The van der Waals surface area contributed by atoms with Crippen LogP contribution >= 0.6 is 0 Å². The first-order chi connectivity index (χ1) is 15.2. The van der Waals surface area contributed by atoms with E-state index >= 15 is 0 Å². The van der Waals surface area contributed by atoms with Crippen LogP contribution in [0.2, 0.25) is 0 Å². The smallest absolute Gasteiger partial charge is 0.255 e. The molecule has 156 valence electrons. The zero-order valence-electron chi connectivity index (χ0n) is 16.7. The number of benzene rings is 2. The fourth-order valence-electron chi connectivity index (χ4n) is 3.49. The summed E-state index contributed by atoms with van der Waals surface area (Å²) in [5.74, 6) is 2.28. The first kappa shape index (κ1) is 18.9. The molecule has 0 saturated heterocycles. The van der Waals surface area contributed by atoms with Gasteiger partial charge in [0.1, 0.15) is 19.0 Å². The van der Waals surface area contributed by atoms with E-state index in [4.69, 9.17) is 25.0 Å². The zero-order valence-corrected chi connectivity index (χ0v) is 16.7. The molecule has 0 aliphatic carbocycles. The summed E-state index contributed by atoms with van der Waals surface area (Å²) in [6.07, 6.45) is 0.568. The molecule has 1 aliphatic heterocycles. The Bertz CT molecular complexity index is 1250. The summed E-state index contributed by atoms with van der Waals surface area (Å²) in [7, 11) is 0. The number of ether oxygens (including phenoxy) is 3. The van der Waals surface area contributed by atoms with Crippen molar-refractivity contribution in [3.63, 3.8) is 0 Å². The first-order valence-electron chi connectivity index (χ1n) is 9.90. The van der Waals surface area contributed by atoms with Crippen LogP contribution < -0.4 is 19.9 Å². The van der Waals surface area contributed by atoms with Crippen molar-refractivity contribution in [2.75, 3.05) is 19.8 Å². The van der Waals surface area contributed by atoms with E-state index < -0.39 is 5.91 Å². The average molecular weight is 416 g/mol. The molecule has 8 nitrogen and oxygen atoms in total. The van der Waals surface area contributed by atoms with Gasteiger partial charge < -0.3 is 19.9 Å². The summed E-state index contributed by atoms with van der Waals surface area (Å²) in [6, 6.07) is 19.2. The molecule has 5 rings (SSSR count). The Kier molecular flexibility index (Phi) is 4.87. The molecule has 2 N–H and O–H groups in total. The number of nitrogens with two attached hydrogens (primary N) is 1. The van der Waals surface area contributed by atoms with Crippen LogP contribution in [0.15, 0.2) is 60.7 Å². The number of pyridine rings is 1. The van der Waals surface area contributed by atoms with Gasteiger partial charge in [0.15, 0.2) is 29.6 Å². The van der Waals surface area contributed by atoms with Crippen molar-refractivity contribution in [3.05, 3.63) is 72.1 Å². The standard InChI is InChI=1S/C23H20N4O4/c24-21(28)14-31-17-7-4-15(5-8-17)12-22-25-23-3-1-2-18(27(23)26-22)16-6-9-19-20(13-16)30-11-10-29-19/h1-9,13H,10-12,14H2,(H2,24,28). The summed E-state index contributed by atoms with van der Waals surface area (Å²) >= 11 is 0. The topological polar surface area (TPSA) is 101 Å². The third-order valence-electron chi connectivity index (χ3n) is 4.91. The quantitative estimate of drug-likeness (QED) is 0.519. The van der Waals surface area contributed by atoms with Gasteiger partial charge in [0.2, 0.25) is 0 Å². The lowest BCUT2D eigenvalue weighted by molar-refractivity contribution is -0.119. The van der Waals surface area contributed by atoms with Crippen molar-refractivity contribution in [2.24, 2.45) is 5.73 Å². The Labute approximate surface area is 178 Å². The Morgan fingerprint density at radius 3 is 2.65 bits per heavy atom. The number of rotatable bonds is 6. The van der Waals surface area contributed by atoms with Gasteiger partial charge in [-0.15, -0.1) is 0 Å². The van der Waals surface area contributed by atoms with Crippen molar-refractivity contribution in [3.8, 4) is 28.5 Å². The number of hydrogen-bond donors (Lipinski definition) is 1. The summed E-state index contributed by atoms with van der Waals surface area (Å²) in [4.78, 5) is 15.5. The number of fused-ring (bicyclic) bond motifs is 2. The molecule has 1 amide bonds. The van der Waals surface area contributed by atoms with Gasteiger partial charge in [-0.2, -0.15) is 5.10 Å². The van der Waals surface area contributed by atoms with E-state index in [-0.39, 0.29) is 6.61 Å². The van der Waals surface area contributed by atoms with Gasteiger partial charge >= 0.3 is 0 Å². The number of nitrogens with zero attached hydrogens (tertiary/aromatic N) is 3. The van der Waals surface area contributed by atoms with E-state index in [1.165, 1.54) is 0 Å². The molecule has 8 heteroatoms. The Morgan fingerprint density at radius 2 is 1.84 bits per heavy atom. The maximum atomic E-state index is 10.8. The predicted molar refractivity (Wildman–Crippen MR) is 113 cm³/mol. The average Bonchev–Trinajstić information content (AvgIpc) is 3.20. The van der Waals surface area contributed by atoms with Crippen LogP contribution in [0.1, 0.15) is 11.4 Å². The van der Waals surface area contributed by atoms with Crippen molar-refractivity contribution in [2.45, 2.75) is 6.42 Å². The molecule has 0 saturated carbocycles. The van der Waals surface area contributed by atoms with Gasteiger partial charge in [0.25, 0.3) is 5.91 Å². The zero-order chi connectivity index (χ0) is 21.2. The Balaban J connectivity index is 1.40. The molecule has 2 aromatic carbocycles. The maximum absolute atomic E-state index is 10.8. The highest BCUT2D eigenvalue weighted by atomic mass is 16.6. The second-order valence-corrected chi connectivity index (χ2v) is 7.14. The summed E-state index contributed by atoms with van der Waals surface area (Å²) in [5.41, 5.74) is 8.79. The van der Waals surface area contributed by atoms with Crippen LogP contribution in [0.5, 0.6) is 17.2 Å². The van der Waals surface area contributed by atoms with E-state index in [0.717, 1.165) is 34.0 Å². The van der Waals surface area contributed by atoms with E-state index in [0.29, 0.717) is 31.2 Å². The predicted octanol–water partition coefficient (Wildman–Crippen LogP) is 2.62. The molecule has 0 fully saturated rings.